The van der Waals surface area contributed by atoms with Gasteiger partial charge < -0.3 is 0 Å². The average Bonchev–Trinajstić information content (AvgIpc) is 3.23. The van der Waals surface area contributed by atoms with Crippen LogP contribution >= 0.6 is 0 Å². The predicted molar refractivity (Wildman–Crippen MR) is 149 cm³/mol. The number of hydrogen-bond acceptors (Lipinski definition) is 0. The van der Waals surface area contributed by atoms with E-state index >= 15 is 0 Å². The molecule has 1 aromatic rings. The first-order valence-corrected chi connectivity index (χ1v) is 15.0. The fourth-order valence-electron chi connectivity index (χ4n) is 9.24. The minimum Gasteiger partial charge on any atom is -0.166 e. The lowest BCUT2D eigenvalue weighted by Crippen LogP contribution is -2.29. The number of fused-ring (bicyclic) bond motifs is 7. The fraction of sp³-hybridized carbons (Fsp3) is 0.543. The quantitative estimate of drug-likeness (QED) is 0.351. The molecule has 1 aromatic carbocycles. The molecule has 0 N–H and O–H groups in total. The Morgan fingerprint density at radius 2 is 1.89 bits per heavy atom. The largest absolute Gasteiger partial charge is 0.417 e. The summed E-state index contributed by atoms with van der Waals surface area (Å²) < 4.78 is 44.7. The summed E-state index contributed by atoms with van der Waals surface area (Å²) in [5.74, 6) is 2.42. The van der Waals surface area contributed by atoms with E-state index in [1.165, 1.54) is 36.0 Å². The van der Waals surface area contributed by atoms with Crippen LogP contribution in [0, 0.1) is 23.7 Å². The van der Waals surface area contributed by atoms with Gasteiger partial charge in [0.25, 0.3) is 0 Å². The Balaban J connectivity index is 1.53. The van der Waals surface area contributed by atoms with Crippen molar-refractivity contribution in [2.45, 2.75) is 96.1 Å². The number of halogens is 3. The standard InChI is InChI=1S/C35H39F3/c1-4-19(2)20(3)31-27-16-22-11-6-8-13-24(22)34(35(36,37)38)29(27)18-28-26-15-9-14-25-23-12-7-5-10-21(23)17-30(32(25)26)33(28)31/h5-6,8,10-11,13,18-23,26,30H,4,7,9,12,14-17H2,1-3H3. The van der Waals surface area contributed by atoms with Gasteiger partial charge in [-0.25, -0.2) is 0 Å². The second kappa shape index (κ2) is 8.86. The molecular weight excluding hydrogens is 477 g/mol. The van der Waals surface area contributed by atoms with E-state index in [9.17, 15) is 13.2 Å². The molecular formula is C35H39F3. The van der Waals surface area contributed by atoms with E-state index in [4.69, 9.17) is 0 Å². The van der Waals surface area contributed by atoms with Crippen LogP contribution in [0.5, 0.6) is 0 Å². The van der Waals surface area contributed by atoms with Crippen LogP contribution in [-0.2, 0) is 6.42 Å². The molecule has 0 nitrogen and oxygen atoms in total. The third-order valence-electron chi connectivity index (χ3n) is 11.2. The summed E-state index contributed by atoms with van der Waals surface area (Å²) in [5, 5.41) is 0. The van der Waals surface area contributed by atoms with Crippen LogP contribution in [0.15, 0.2) is 59.2 Å². The first-order chi connectivity index (χ1) is 18.3. The maximum absolute atomic E-state index is 14.9. The van der Waals surface area contributed by atoms with Gasteiger partial charge in [0.1, 0.15) is 0 Å². The van der Waals surface area contributed by atoms with E-state index in [0.717, 1.165) is 31.2 Å². The third-order valence-corrected chi connectivity index (χ3v) is 11.2. The molecule has 6 aliphatic rings. The van der Waals surface area contributed by atoms with E-state index in [0.29, 0.717) is 47.1 Å². The molecule has 0 amide bonds. The van der Waals surface area contributed by atoms with E-state index in [1.54, 1.807) is 23.3 Å². The zero-order valence-corrected chi connectivity index (χ0v) is 22.9. The summed E-state index contributed by atoms with van der Waals surface area (Å²) in [6, 6.07) is 2.05. The summed E-state index contributed by atoms with van der Waals surface area (Å²) in [5.41, 5.74) is 8.92. The van der Waals surface area contributed by atoms with Crippen LogP contribution in [0.25, 0.3) is 5.57 Å². The van der Waals surface area contributed by atoms with Crippen molar-refractivity contribution in [1.82, 2.24) is 0 Å². The summed E-state index contributed by atoms with van der Waals surface area (Å²) in [7, 11) is 0. The molecule has 7 atom stereocenters. The Morgan fingerprint density at radius 3 is 2.68 bits per heavy atom. The van der Waals surface area contributed by atoms with E-state index < -0.39 is 6.18 Å². The number of rotatable bonds is 3. The SMILES string of the molecule is CCC(C)C(C)c1c2c(cc3c1C1CC4C=CCCC4C4=C1C3CCC4)C(C(F)(F)F)=C1C=CC=CC1C2. The molecule has 3 heteroatoms. The first kappa shape index (κ1) is 24.7. The van der Waals surface area contributed by atoms with Gasteiger partial charge in [-0.3, -0.25) is 0 Å². The molecule has 0 radical (unpaired) electrons. The van der Waals surface area contributed by atoms with E-state index in [-0.39, 0.29) is 17.4 Å². The summed E-state index contributed by atoms with van der Waals surface area (Å²) in [4.78, 5) is 0. The molecule has 0 saturated heterocycles. The van der Waals surface area contributed by atoms with Crippen LogP contribution in [0.3, 0.4) is 0 Å². The number of hydrogen-bond donors (Lipinski definition) is 0. The molecule has 200 valence electrons. The van der Waals surface area contributed by atoms with Crippen molar-refractivity contribution in [3.63, 3.8) is 0 Å². The van der Waals surface area contributed by atoms with Crippen LogP contribution in [0.1, 0.15) is 111 Å². The highest BCUT2D eigenvalue weighted by Gasteiger charge is 2.50. The predicted octanol–water partition coefficient (Wildman–Crippen LogP) is 10.1. The van der Waals surface area contributed by atoms with Crippen molar-refractivity contribution in [1.29, 1.82) is 0 Å². The van der Waals surface area contributed by atoms with Crippen LogP contribution in [0.4, 0.5) is 13.2 Å². The van der Waals surface area contributed by atoms with Crippen LogP contribution in [0.2, 0.25) is 0 Å². The number of alkyl halides is 3. The van der Waals surface area contributed by atoms with Gasteiger partial charge in [-0.15, -0.1) is 0 Å². The Hall–Kier alpha value is -2.29. The van der Waals surface area contributed by atoms with E-state index in [2.05, 4.69) is 32.9 Å². The molecule has 0 heterocycles. The molecule has 38 heavy (non-hydrogen) atoms. The van der Waals surface area contributed by atoms with Crippen molar-refractivity contribution in [3.8, 4) is 0 Å². The van der Waals surface area contributed by atoms with Crippen molar-refractivity contribution < 1.29 is 13.2 Å². The van der Waals surface area contributed by atoms with E-state index in [1.807, 2.05) is 18.2 Å². The van der Waals surface area contributed by atoms with Crippen molar-refractivity contribution in [2.24, 2.45) is 23.7 Å². The van der Waals surface area contributed by atoms with Gasteiger partial charge in [0.05, 0.1) is 5.57 Å². The number of benzene rings is 1. The molecule has 0 saturated carbocycles. The molecule has 7 unspecified atom stereocenters. The minimum atomic E-state index is -4.37. The second-order valence-electron chi connectivity index (χ2n) is 12.9. The van der Waals surface area contributed by atoms with Crippen molar-refractivity contribution in [3.05, 3.63) is 87.1 Å². The Kier molecular flexibility index (Phi) is 5.77. The fourth-order valence-corrected chi connectivity index (χ4v) is 9.24. The zero-order valence-electron chi connectivity index (χ0n) is 22.9. The smallest absolute Gasteiger partial charge is 0.166 e. The van der Waals surface area contributed by atoms with Crippen molar-refractivity contribution >= 4 is 5.57 Å². The molecule has 0 aliphatic heterocycles. The van der Waals surface area contributed by atoms with Gasteiger partial charge in [-0.2, -0.15) is 13.2 Å². The highest BCUT2D eigenvalue weighted by Crippen LogP contribution is 2.64. The maximum atomic E-state index is 14.9. The van der Waals surface area contributed by atoms with Gasteiger partial charge in [-0.05, 0) is 108 Å². The molecule has 0 spiro atoms. The van der Waals surface area contributed by atoms with Crippen LogP contribution in [-0.4, -0.2) is 6.18 Å². The Morgan fingerprint density at radius 1 is 1.05 bits per heavy atom. The molecule has 0 fully saturated rings. The minimum absolute atomic E-state index is 0.194. The highest BCUT2D eigenvalue weighted by atomic mass is 19.4. The lowest BCUT2D eigenvalue weighted by atomic mass is 9.62. The summed E-state index contributed by atoms with van der Waals surface area (Å²) in [6.45, 7) is 6.82. The van der Waals surface area contributed by atoms with Gasteiger partial charge in [0.2, 0.25) is 0 Å². The molecule has 6 aliphatic carbocycles. The normalized spacial score (nSPS) is 32.4. The average molecular weight is 517 g/mol. The maximum Gasteiger partial charge on any atom is 0.417 e. The third kappa shape index (κ3) is 3.49. The van der Waals surface area contributed by atoms with Crippen LogP contribution < -0.4 is 0 Å². The van der Waals surface area contributed by atoms with Crippen molar-refractivity contribution in [2.75, 3.05) is 0 Å². The Bertz CT molecular complexity index is 1330. The van der Waals surface area contributed by atoms with Gasteiger partial charge in [-0.1, -0.05) is 74.8 Å². The molecule has 0 bridgehead atoms. The first-order valence-electron chi connectivity index (χ1n) is 15.0. The number of allylic oxidation sites excluding steroid dienone is 10. The van der Waals surface area contributed by atoms with Gasteiger partial charge in [0, 0.05) is 17.8 Å². The summed E-state index contributed by atoms with van der Waals surface area (Å²) >= 11 is 0. The van der Waals surface area contributed by atoms with Gasteiger partial charge in [0.15, 0.2) is 0 Å². The van der Waals surface area contributed by atoms with Gasteiger partial charge >= 0.3 is 6.18 Å². The molecule has 7 rings (SSSR count). The lowest BCUT2D eigenvalue weighted by Gasteiger charge is -2.42. The summed E-state index contributed by atoms with van der Waals surface area (Å²) in [6.07, 6.45) is 16.6. The molecule has 0 aromatic heterocycles. The second-order valence-corrected chi connectivity index (χ2v) is 12.9. The Labute approximate surface area is 225 Å². The highest BCUT2D eigenvalue weighted by molar-refractivity contribution is 5.83. The lowest BCUT2D eigenvalue weighted by molar-refractivity contribution is -0.0698. The monoisotopic (exact) mass is 516 g/mol. The zero-order chi connectivity index (χ0) is 26.3. The topological polar surface area (TPSA) is 0 Å².